The molecule has 1 aromatic rings. The standard InChI is InChI=1S/C30H42N2/c1-2-7-14-20-26-24(18-12-6-1)25-19-13-8-5-11-16-22-28(25)32-29-23-17-10-4-3-9-15-21-27(29)31-30(26)32/h1-2,6-7,12,14,18,20,25,27-29H,3-5,8-11,13,15-17,19,21-23H2. The Morgan fingerprint density at radius 1 is 0.562 bits per heavy atom. The molecule has 32 heavy (non-hydrogen) atoms. The molecule has 2 aliphatic carbocycles. The Morgan fingerprint density at radius 3 is 1.88 bits per heavy atom. The van der Waals surface area contributed by atoms with E-state index >= 15 is 0 Å². The first-order valence-corrected chi connectivity index (χ1v) is 13.7. The van der Waals surface area contributed by atoms with Crippen molar-refractivity contribution in [3.63, 3.8) is 0 Å². The first kappa shape index (κ1) is 22.0. The Kier molecular flexibility index (Phi) is 7.46. The van der Waals surface area contributed by atoms with E-state index in [0.29, 0.717) is 24.0 Å². The van der Waals surface area contributed by atoms with Crippen LogP contribution >= 0.6 is 0 Å². The van der Waals surface area contributed by atoms with Crippen molar-refractivity contribution in [1.29, 1.82) is 0 Å². The van der Waals surface area contributed by atoms with Crippen molar-refractivity contribution in [3.05, 3.63) is 59.7 Å². The Balaban J connectivity index is 1.62. The van der Waals surface area contributed by atoms with Gasteiger partial charge in [0.2, 0.25) is 0 Å². The van der Waals surface area contributed by atoms with Gasteiger partial charge in [-0.3, -0.25) is 4.99 Å². The summed E-state index contributed by atoms with van der Waals surface area (Å²) in [5.41, 5.74) is 2.98. The van der Waals surface area contributed by atoms with Gasteiger partial charge in [-0.15, -0.1) is 0 Å². The quantitative estimate of drug-likeness (QED) is 0.407. The van der Waals surface area contributed by atoms with Gasteiger partial charge >= 0.3 is 0 Å². The van der Waals surface area contributed by atoms with Gasteiger partial charge in [-0.05, 0) is 31.2 Å². The number of hydrogen-bond donors (Lipinski definition) is 0. The Morgan fingerprint density at radius 2 is 1.12 bits per heavy atom. The van der Waals surface area contributed by atoms with Crippen LogP contribution in [0.3, 0.4) is 0 Å². The summed E-state index contributed by atoms with van der Waals surface area (Å²) < 4.78 is 0. The maximum Gasteiger partial charge on any atom is 0.132 e. The van der Waals surface area contributed by atoms with Gasteiger partial charge in [-0.25, -0.2) is 0 Å². The molecule has 4 aliphatic rings. The van der Waals surface area contributed by atoms with Crippen LogP contribution < -0.4 is 0 Å². The van der Waals surface area contributed by atoms with E-state index in [9.17, 15) is 0 Å². The lowest BCUT2D eigenvalue weighted by molar-refractivity contribution is 0.168. The van der Waals surface area contributed by atoms with Crippen molar-refractivity contribution in [2.24, 2.45) is 4.99 Å². The highest BCUT2D eigenvalue weighted by molar-refractivity contribution is 6.03. The van der Waals surface area contributed by atoms with Crippen molar-refractivity contribution >= 4 is 5.84 Å². The number of hydrogen-bond acceptors (Lipinski definition) is 2. The van der Waals surface area contributed by atoms with Crippen LogP contribution in [0, 0.1) is 0 Å². The van der Waals surface area contributed by atoms with E-state index in [2.05, 4.69) is 53.4 Å². The fourth-order valence-electron chi connectivity index (χ4n) is 6.88. The molecular weight excluding hydrogens is 388 g/mol. The number of amidine groups is 1. The zero-order valence-electron chi connectivity index (χ0n) is 19.9. The molecule has 2 heteroatoms. The van der Waals surface area contributed by atoms with Crippen LogP contribution in [-0.4, -0.2) is 28.9 Å². The number of fused-ring (bicyclic) bond motifs is 8. The fourth-order valence-corrected chi connectivity index (χ4v) is 6.88. The molecule has 4 unspecified atom stereocenters. The molecule has 2 saturated carbocycles. The molecule has 2 nitrogen and oxygen atoms in total. The number of rotatable bonds is 0. The third-order valence-electron chi connectivity index (χ3n) is 8.47. The van der Waals surface area contributed by atoms with Crippen LogP contribution in [0.1, 0.15) is 113 Å². The molecule has 2 fully saturated rings. The van der Waals surface area contributed by atoms with Gasteiger partial charge in [0, 0.05) is 17.5 Å². The topological polar surface area (TPSA) is 15.6 Å². The molecule has 0 aromatic heterocycles. The summed E-state index contributed by atoms with van der Waals surface area (Å²) in [5.74, 6) is 1.99. The molecule has 2 heterocycles. The summed E-state index contributed by atoms with van der Waals surface area (Å²) in [7, 11) is 0. The average Bonchev–Trinajstić information content (AvgIpc) is 3.22. The third kappa shape index (κ3) is 4.75. The summed E-state index contributed by atoms with van der Waals surface area (Å²) in [4.78, 5) is 8.44. The molecule has 4 atom stereocenters. The zero-order valence-corrected chi connectivity index (χ0v) is 19.9. The molecule has 172 valence electrons. The summed E-state index contributed by atoms with van der Waals surface area (Å²) >= 11 is 0. The molecule has 0 N–H and O–H groups in total. The van der Waals surface area contributed by atoms with Gasteiger partial charge in [0.25, 0.3) is 0 Å². The molecule has 1 aromatic carbocycles. The van der Waals surface area contributed by atoms with Gasteiger partial charge in [-0.1, -0.05) is 119 Å². The van der Waals surface area contributed by atoms with E-state index in [4.69, 9.17) is 4.99 Å². The summed E-state index contributed by atoms with van der Waals surface area (Å²) in [6, 6.07) is 19.7. The smallest absolute Gasteiger partial charge is 0.132 e. The predicted molar refractivity (Wildman–Crippen MR) is 136 cm³/mol. The second kappa shape index (κ2) is 10.9. The highest BCUT2D eigenvalue weighted by atomic mass is 15.3. The van der Waals surface area contributed by atoms with Crippen molar-refractivity contribution in [2.75, 3.05) is 0 Å². The lowest BCUT2D eigenvalue weighted by Crippen LogP contribution is -2.52. The summed E-state index contributed by atoms with van der Waals surface area (Å²) in [6.45, 7) is 0. The zero-order chi connectivity index (χ0) is 21.6. The van der Waals surface area contributed by atoms with Crippen LogP contribution in [0.4, 0.5) is 0 Å². The molecule has 2 aliphatic heterocycles. The number of aliphatic imine (C=N–C) groups is 1. The summed E-state index contributed by atoms with van der Waals surface area (Å²) in [6.07, 6.45) is 20.7. The lowest BCUT2D eigenvalue weighted by atomic mass is 9.78. The van der Waals surface area contributed by atoms with E-state index in [-0.39, 0.29) is 0 Å². The van der Waals surface area contributed by atoms with Crippen LogP contribution in [0.5, 0.6) is 0 Å². The maximum atomic E-state index is 5.54. The molecule has 0 radical (unpaired) electrons. The van der Waals surface area contributed by atoms with Gasteiger partial charge in [-0.2, -0.15) is 0 Å². The van der Waals surface area contributed by atoms with Crippen molar-refractivity contribution < 1.29 is 0 Å². The first-order chi connectivity index (χ1) is 15.9. The molecule has 0 bridgehead atoms. The highest BCUT2D eigenvalue weighted by Crippen LogP contribution is 2.45. The normalized spacial score (nSPS) is 30.6. The third-order valence-corrected chi connectivity index (χ3v) is 8.47. The van der Waals surface area contributed by atoms with E-state index in [0.717, 1.165) is 0 Å². The van der Waals surface area contributed by atoms with Crippen LogP contribution in [-0.2, 0) is 0 Å². The van der Waals surface area contributed by atoms with Gasteiger partial charge in [0.15, 0.2) is 0 Å². The lowest BCUT2D eigenvalue weighted by Gasteiger charge is -2.46. The van der Waals surface area contributed by atoms with Gasteiger partial charge in [0.1, 0.15) is 5.84 Å². The minimum Gasteiger partial charge on any atom is -0.348 e. The molecule has 5 rings (SSSR count). The molecule has 0 spiro atoms. The van der Waals surface area contributed by atoms with Crippen LogP contribution in [0.15, 0.2) is 53.5 Å². The second-order valence-corrected chi connectivity index (χ2v) is 10.6. The van der Waals surface area contributed by atoms with Crippen LogP contribution in [0.2, 0.25) is 0 Å². The SMILES string of the molecule is c1ccccc2c(ccc1)C1=NC3CCCCCCCCC3N1C1CCCCCCCC21. The number of nitrogens with zero attached hydrogens (tertiary/aromatic N) is 2. The van der Waals surface area contributed by atoms with E-state index in [1.807, 2.05) is 0 Å². The monoisotopic (exact) mass is 430 g/mol. The van der Waals surface area contributed by atoms with Crippen molar-refractivity contribution in [1.82, 2.24) is 4.90 Å². The Bertz CT molecular complexity index is 842. The van der Waals surface area contributed by atoms with Crippen molar-refractivity contribution in [2.45, 2.75) is 120 Å². The molecule has 0 amide bonds. The van der Waals surface area contributed by atoms with E-state index < -0.39 is 0 Å². The van der Waals surface area contributed by atoms with E-state index in [1.54, 1.807) is 5.56 Å². The first-order valence-electron chi connectivity index (χ1n) is 13.7. The Hall–Kier alpha value is -1.83. The van der Waals surface area contributed by atoms with E-state index in [1.165, 1.54) is 108 Å². The van der Waals surface area contributed by atoms with Gasteiger partial charge < -0.3 is 4.90 Å². The highest BCUT2D eigenvalue weighted by Gasteiger charge is 2.46. The average molecular weight is 431 g/mol. The minimum atomic E-state index is 0.506. The molecule has 0 saturated heterocycles. The largest absolute Gasteiger partial charge is 0.348 e. The van der Waals surface area contributed by atoms with Crippen molar-refractivity contribution in [3.8, 4) is 0 Å². The second-order valence-electron chi connectivity index (χ2n) is 10.6. The Labute approximate surface area is 195 Å². The minimum absolute atomic E-state index is 0.506. The maximum absolute atomic E-state index is 5.54. The molecular formula is C30H42N2. The summed E-state index contributed by atoms with van der Waals surface area (Å²) in [5, 5.41) is 0. The predicted octanol–water partition coefficient (Wildman–Crippen LogP) is 7.95. The van der Waals surface area contributed by atoms with Crippen LogP contribution in [0.25, 0.3) is 0 Å². The van der Waals surface area contributed by atoms with Gasteiger partial charge in [0.05, 0.1) is 12.1 Å². The fraction of sp³-hybridized carbons (Fsp3) is 0.633.